The first-order valence-corrected chi connectivity index (χ1v) is 15.0. The molecule has 1 saturated heterocycles. The Morgan fingerprint density at radius 1 is 1.03 bits per heavy atom. The molecule has 2 heterocycles. The van der Waals surface area contributed by atoms with Gasteiger partial charge in [-0.05, 0) is 60.4 Å². The zero-order valence-electron chi connectivity index (χ0n) is 20.7. The molecule has 206 valence electrons. The second kappa shape index (κ2) is 12.8. The average Bonchev–Trinajstić information content (AvgIpc) is 3.59. The number of likely N-dealkylation sites (tertiary alicyclic amines) is 1. The number of rotatable bonds is 4. The first-order chi connectivity index (χ1) is 18.6. The van der Waals surface area contributed by atoms with Crippen LogP contribution in [0.2, 0.25) is 5.02 Å². The third-order valence-electron chi connectivity index (χ3n) is 6.19. The summed E-state index contributed by atoms with van der Waals surface area (Å²) in [7, 11) is -3.99. The van der Waals surface area contributed by atoms with Crippen molar-refractivity contribution in [3.63, 3.8) is 0 Å². The third-order valence-corrected chi connectivity index (χ3v) is 7.71. The zero-order chi connectivity index (χ0) is 28.0. The first-order valence-electron chi connectivity index (χ1n) is 12.0. The van der Waals surface area contributed by atoms with Gasteiger partial charge in [-0.3, -0.25) is 9.35 Å². The molecule has 1 fully saturated rings. The van der Waals surface area contributed by atoms with Crippen molar-refractivity contribution < 1.29 is 21.6 Å². The number of hydrazone groups is 1. The molecule has 2 aliphatic heterocycles. The predicted octanol–water partition coefficient (Wildman–Crippen LogP) is 3.86. The van der Waals surface area contributed by atoms with E-state index in [1.165, 1.54) is 36.4 Å². The summed E-state index contributed by atoms with van der Waals surface area (Å²) in [5.74, 6) is -0.156. The molecule has 5 rings (SSSR count). The molecule has 0 spiro atoms. The normalized spacial score (nSPS) is 18.4. The number of guanidine groups is 1. The molecule has 0 radical (unpaired) electrons. The molecule has 3 aromatic carbocycles. The SMILES string of the molecule is NS(=O)[O-].O=S(=O)(/N=C(/N1CCCC1)N1CC(c2ccccc2)C(c2ccc(F)cc2)=N1)c1ccc(Cl)cc1. The van der Waals surface area contributed by atoms with Crippen molar-refractivity contribution in [1.29, 1.82) is 0 Å². The average molecular weight is 591 g/mol. The Morgan fingerprint density at radius 3 is 2.21 bits per heavy atom. The Kier molecular flexibility index (Phi) is 9.46. The van der Waals surface area contributed by atoms with Gasteiger partial charge >= 0.3 is 0 Å². The van der Waals surface area contributed by atoms with E-state index in [1.54, 1.807) is 17.1 Å². The van der Waals surface area contributed by atoms with Gasteiger partial charge in [0, 0.05) is 35.3 Å². The van der Waals surface area contributed by atoms with Crippen LogP contribution in [-0.2, 0) is 21.3 Å². The Hall–Kier alpha value is -3.16. The molecule has 2 aliphatic rings. The summed E-state index contributed by atoms with van der Waals surface area (Å²) in [6.07, 6.45) is 1.90. The van der Waals surface area contributed by atoms with Crippen molar-refractivity contribution in [2.45, 2.75) is 23.7 Å². The summed E-state index contributed by atoms with van der Waals surface area (Å²) in [5, 5.41) is 11.0. The molecule has 2 N–H and O–H groups in total. The van der Waals surface area contributed by atoms with E-state index in [9.17, 15) is 12.8 Å². The van der Waals surface area contributed by atoms with E-state index in [0.29, 0.717) is 30.6 Å². The van der Waals surface area contributed by atoms with Crippen LogP contribution in [0.5, 0.6) is 0 Å². The lowest BCUT2D eigenvalue weighted by molar-refractivity contribution is 0.376. The standard InChI is InChI=1S/C26H24ClFN4O2S.H3NO2S/c27-21-10-14-23(15-11-21)35(33,34)30-26(31-16-4-5-17-31)32-18-24(19-6-2-1-3-7-19)25(29-32)20-8-12-22(28)13-9-20;1-4(2)3/h1-3,6-15,24H,4-5,16-18H2;1H2,(H,2,3)/p-1/b30-26-;. The van der Waals surface area contributed by atoms with Crippen molar-refractivity contribution in [2.24, 2.45) is 14.6 Å². The van der Waals surface area contributed by atoms with E-state index in [2.05, 4.69) is 9.54 Å². The highest BCUT2D eigenvalue weighted by Crippen LogP contribution is 2.31. The van der Waals surface area contributed by atoms with Crippen LogP contribution >= 0.6 is 11.6 Å². The molecule has 0 amide bonds. The highest BCUT2D eigenvalue weighted by atomic mass is 35.5. The molecule has 0 saturated carbocycles. The fraction of sp³-hybridized carbons (Fsp3) is 0.231. The predicted molar refractivity (Wildman–Crippen MR) is 149 cm³/mol. The number of halogens is 2. The molecule has 3 aromatic rings. The maximum absolute atomic E-state index is 13.6. The molecule has 0 aliphatic carbocycles. The first kappa shape index (κ1) is 28.8. The minimum Gasteiger partial charge on any atom is -0.760 e. The molecule has 2 unspecified atom stereocenters. The molecule has 13 heteroatoms. The highest BCUT2D eigenvalue weighted by molar-refractivity contribution is 7.90. The van der Waals surface area contributed by atoms with Crippen LogP contribution in [0.25, 0.3) is 0 Å². The lowest BCUT2D eigenvalue weighted by Crippen LogP contribution is -2.40. The number of nitrogens with zero attached hydrogens (tertiary/aromatic N) is 4. The summed E-state index contributed by atoms with van der Waals surface area (Å²) in [6, 6.07) is 22.1. The number of hydrogen-bond donors (Lipinski definition) is 1. The Morgan fingerprint density at radius 2 is 1.62 bits per heavy atom. The van der Waals surface area contributed by atoms with Crippen LogP contribution in [0, 0.1) is 5.82 Å². The van der Waals surface area contributed by atoms with Gasteiger partial charge in [-0.2, -0.15) is 13.5 Å². The van der Waals surface area contributed by atoms with Gasteiger partial charge in [-0.15, -0.1) is 4.40 Å². The number of benzene rings is 3. The lowest BCUT2D eigenvalue weighted by Gasteiger charge is -2.26. The molecule has 2 atom stereocenters. The van der Waals surface area contributed by atoms with Crippen LogP contribution in [0.1, 0.15) is 29.9 Å². The molecule has 9 nitrogen and oxygen atoms in total. The van der Waals surface area contributed by atoms with Crippen LogP contribution in [0.15, 0.2) is 93.3 Å². The molecular formula is C26H26ClFN5O4S2-. The summed E-state index contributed by atoms with van der Waals surface area (Å²) in [6.45, 7) is 1.81. The van der Waals surface area contributed by atoms with Gasteiger partial charge < -0.3 is 9.45 Å². The Bertz CT molecular complexity index is 1460. The quantitative estimate of drug-likeness (QED) is 0.279. The van der Waals surface area contributed by atoms with Gasteiger partial charge in [-0.1, -0.05) is 54.1 Å². The summed E-state index contributed by atoms with van der Waals surface area (Å²) >= 11 is 3.58. The minimum absolute atomic E-state index is 0.0696. The number of nitrogens with two attached hydrogens (primary N) is 1. The summed E-state index contributed by atoms with van der Waals surface area (Å²) < 4.78 is 61.9. The van der Waals surface area contributed by atoms with E-state index in [1.807, 2.05) is 35.2 Å². The second-order valence-electron chi connectivity index (χ2n) is 8.81. The van der Waals surface area contributed by atoms with Gasteiger partial charge in [-0.25, -0.2) is 9.40 Å². The van der Waals surface area contributed by atoms with E-state index >= 15 is 0 Å². The van der Waals surface area contributed by atoms with Crippen molar-refractivity contribution in [3.05, 3.63) is 101 Å². The van der Waals surface area contributed by atoms with Gasteiger partial charge in [0.2, 0.25) is 5.96 Å². The smallest absolute Gasteiger partial charge is 0.285 e. The maximum Gasteiger partial charge on any atom is 0.285 e. The van der Waals surface area contributed by atoms with Gasteiger partial charge in [0.1, 0.15) is 5.82 Å². The van der Waals surface area contributed by atoms with E-state index in [-0.39, 0.29) is 16.6 Å². The number of sulfonamides is 1. The fourth-order valence-electron chi connectivity index (χ4n) is 4.41. The molecule has 39 heavy (non-hydrogen) atoms. The largest absolute Gasteiger partial charge is 0.760 e. The maximum atomic E-state index is 13.6. The van der Waals surface area contributed by atoms with Crippen LogP contribution < -0.4 is 5.14 Å². The molecular weight excluding hydrogens is 565 g/mol. The number of hydrogen-bond acceptors (Lipinski definition) is 5. The third kappa shape index (κ3) is 7.49. The van der Waals surface area contributed by atoms with Crippen molar-refractivity contribution in [3.8, 4) is 0 Å². The van der Waals surface area contributed by atoms with Crippen molar-refractivity contribution >= 4 is 44.6 Å². The van der Waals surface area contributed by atoms with Crippen LogP contribution in [0.4, 0.5) is 4.39 Å². The molecule has 0 bridgehead atoms. The van der Waals surface area contributed by atoms with Gasteiger partial charge in [0.05, 0.1) is 17.2 Å². The highest BCUT2D eigenvalue weighted by Gasteiger charge is 2.35. The fourth-order valence-corrected chi connectivity index (χ4v) is 5.54. The van der Waals surface area contributed by atoms with Crippen LogP contribution in [-0.4, -0.2) is 58.4 Å². The van der Waals surface area contributed by atoms with Crippen LogP contribution in [0.3, 0.4) is 0 Å². The zero-order valence-corrected chi connectivity index (χ0v) is 23.1. The van der Waals surface area contributed by atoms with E-state index in [4.69, 9.17) is 25.5 Å². The topological polar surface area (TPSA) is 131 Å². The summed E-state index contributed by atoms with van der Waals surface area (Å²) in [5.41, 5.74) is 2.57. The van der Waals surface area contributed by atoms with E-state index in [0.717, 1.165) is 29.7 Å². The Labute approximate surface area is 234 Å². The minimum atomic E-state index is -3.99. The van der Waals surface area contributed by atoms with E-state index < -0.39 is 21.3 Å². The van der Waals surface area contributed by atoms with Gasteiger partial charge in [0.15, 0.2) is 0 Å². The molecule has 0 aromatic heterocycles. The second-order valence-corrected chi connectivity index (χ2v) is 11.4. The van der Waals surface area contributed by atoms with Crippen molar-refractivity contribution in [1.82, 2.24) is 9.91 Å². The summed E-state index contributed by atoms with van der Waals surface area (Å²) in [4.78, 5) is 2.03. The lowest BCUT2D eigenvalue weighted by atomic mass is 9.91. The Balaban J connectivity index is 0.000000826. The van der Waals surface area contributed by atoms with Crippen molar-refractivity contribution in [2.75, 3.05) is 19.6 Å². The monoisotopic (exact) mass is 590 g/mol. The van der Waals surface area contributed by atoms with Gasteiger partial charge in [0.25, 0.3) is 10.0 Å².